The third kappa shape index (κ3) is 3.77. The van der Waals surface area contributed by atoms with Gasteiger partial charge in [0.05, 0.1) is 17.2 Å². The first-order valence-electron chi connectivity index (χ1n) is 9.34. The Morgan fingerprint density at radius 2 is 1.76 bits per heavy atom. The monoisotopic (exact) mass is 394 g/mol. The number of non-ortho nitro benzene ring substituents is 1. The van der Waals surface area contributed by atoms with E-state index < -0.39 is 4.92 Å². The van der Waals surface area contributed by atoms with E-state index in [9.17, 15) is 14.9 Å². The Labute approximate surface area is 167 Å². The normalized spacial score (nSPS) is 13.9. The van der Waals surface area contributed by atoms with Gasteiger partial charge in [-0.25, -0.2) is 4.79 Å². The first-order valence-corrected chi connectivity index (χ1v) is 9.34. The van der Waals surface area contributed by atoms with Crippen LogP contribution in [0.25, 0.3) is 5.69 Å². The number of hydrogen-bond acceptors (Lipinski definition) is 6. The van der Waals surface area contributed by atoms with Crippen molar-refractivity contribution in [2.45, 2.75) is 19.6 Å². The Morgan fingerprint density at radius 3 is 2.38 bits per heavy atom. The lowest BCUT2D eigenvalue weighted by atomic mass is 10.2. The molecule has 150 valence electrons. The highest BCUT2D eigenvalue weighted by atomic mass is 16.6. The van der Waals surface area contributed by atoms with Crippen LogP contribution in [0, 0.1) is 10.1 Å². The summed E-state index contributed by atoms with van der Waals surface area (Å²) in [6.45, 7) is 2.68. The van der Waals surface area contributed by atoms with Gasteiger partial charge in [0, 0.05) is 51.5 Å². The Balaban J connectivity index is 1.52. The van der Waals surface area contributed by atoms with Gasteiger partial charge < -0.3 is 4.90 Å². The van der Waals surface area contributed by atoms with E-state index in [1.807, 2.05) is 14.1 Å². The molecule has 0 saturated heterocycles. The molecule has 29 heavy (non-hydrogen) atoms. The van der Waals surface area contributed by atoms with Crippen molar-refractivity contribution in [3.8, 4) is 5.69 Å². The van der Waals surface area contributed by atoms with Crippen molar-refractivity contribution < 1.29 is 4.92 Å². The summed E-state index contributed by atoms with van der Waals surface area (Å²) in [6, 6.07) is 14.3. The third-order valence-corrected chi connectivity index (χ3v) is 5.11. The molecule has 0 radical (unpaired) electrons. The summed E-state index contributed by atoms with van der Waals surface area (Å²) in [5.41, 5.74) is 2.65. The van der Waals surface area contributed by atoms with Crippen molar-refractivity contribution in [2.75, 3.05) is 25.5 Å². The number of hydrogen-bond donors (Lipinski definition) is 0. The molecule has 0 amide bonds. The summed E-state index contributed by atoms with van der Waals surface area (Å²) in [7, 11) is 4.03. The zero-order valence-electron chi connectivity index (χ0n) is 16.4. The molecule has 0 aliphatic carbocycles. The minimum Gasteiger partial charge on any atom is -0.378 e. The SMILES string of the molecule is CN(C)c1ccc(CN2CCn3c(nn(-c4ccc([N+](=O)[O-])cc4)c3=O)C2)cc1. The fraction of sp³-hybridized carbons (Fsp3) is 0.300. The van der Waals surface area contributed by atoms with E-state index in [1.165, 1.54) is 22.4 Å². The van der Waals surface area contributed by atoms with Crippen LogP contribution in [0.2, 0.25) is 0 Å². The number of fused-ring (bicyclic) bond motifs is 1. The highest BCUT2D eigenvalue weighted by molar-refractivity contribution is 5.46. The van der Waals surface area contributed by atoms with E-state index >= 15 is 0 Å². The van der Waals surface area contributed by atoms with Crippen LogP contribution in [0.1, 0.15) is 11.4 Å². The lowest BCUT2D eigenvalue weighted by Crippen LogP contribution is -2.37. The van der Waals surface area contributed by atoms with Gasteiger partial charge in [-0.3, -0.25) is 19.6 Å². The average Bonchev–Trinajstić information content (AvgIpc) is 3.04. The molecule has 2 heterocycles. The second-order valence-electron chi connectivity index (χ2n) is 7.31. The molecule has 9 nitrogen and oxygen atoms in total. The van der Waals surface area contributed by atoms with Gasteiger partial charge >= 0.3 is 5.69 Å². The molecular formula is C20H22N6O3. The van der Waals surface area contributed by atoms with Gasteiger partial charge in [0.25, 0.3) is 5.69 Å². The molecule has 0 atom stereocenters. The zero-order chi connectivity index (χ0) is 20.5. The van der Waals surface area contributed by atoms with Crippen molar-refractivity contribution in [3.63, 3.8) is 0 Å². The van der Waals surface area contributed by atoms with Crippen molar-refractivity contribution in [2.24, 2.45) is 0 Å². The lowest BCUT2D eigenvalue weighted by molar-refractivity contribution is -0.384. The number of nitrogens with zero attached hydrogens (tertiary/aromatic N) is 6. The maximum Gasteiger partial charge on any atom is 0.350 e. The summed E-state index contributed by atoms with van der Waals surface area (Å²) in [5.74, 6) is 0.699. The smallest absolute Gasteiger partial charge is 0.350 e. The molecule has 0 unspecified atom stereocenters. The fourth-order valence-electron chi connectivity index (χ4n) is 3.48. The summed E-state index contributed by atoms with van der Waals surface area (Å²) in [4.78, 5) is 27.4. The minimum atomic E-state index is -0.465. The highest BCUT2D eigenvalue weighted by Crippen LogP contribution is 2.18. The maximum absolute atomic E-state index is 12.7. The van der Waals surface area contributed by atoms with Crippen LogP contribution in [0.5, 0.6) is 0 Å². The highest BCUT2D eigenvalue weighted by Gasteiger charge is 2.22. The molecule has 2 aromatic carbocycles. The van der Waals surface area contributed by atoms with Crippen LogP contribution in [-0.2, 0) is 19.6 Å². The average molecular weight is 394 g/mol. The van der Waals surface area contributed by atoms with Gasteiger partial charge in [0.1, 0.15) is 5.82 Å². The predicted molar refractivity (Wildman–Crippen MR) is 109 cm³/mol. The van der Waals surface area contributed by atoms with E-state index in [-0.39, 0.29) is 11.4 Å². The molecular weight excluding hydrogens is 372 g/mol. The van der Waals surface area contributed by atoms with Gasteiger partial charge in [-0.2, -0.15) is 4.68 Å². The number of benzene rings is 2. The van der Waals surface area contributed by atoms with Gasteiger partial charge in [0.2, 0.25) is 0 Å². The van der Waals surface area contributed by atoms with E-state index in [0.717, 1.165) is 18.8 Å². The van der Waals surface area contributed by atoms with Crippen LogP contribution >= 0.6 is 0 Å². The van der Waals surface area contributed by atoms with E-state index in [2.05, 4.69) is 39.2 Å². The third-order valence-electron chi connectivity index (χ3n) is 5.11. The topological polar surface area (TPSA) is 89.4 Å². The molecule has 4 rings (SSSR count). The molecule has 0 fully saturated rings. The fourth-order valence-corrected chi connectivity index (χ4v) is 3.48. The molecule has 0 spiro atoms. The van der Waals surface area contributed by atoms with Crippen LogP contribution in [0.4, 0.5) is 11.4 Å². The van der Waals surface area contributed by atoms with Crippen molar-refractivity contribution in [1.29, 1.82) is 0 Å². The second kappa shape index (κ2) is 7.51. The molecule has 0 bridgehead atoms. The molecule has 9 heteroatoms. The molecule has 1 aliphatic rings. The minimum absolute atomic E-state index is 0.0165. The van der Waals surface area contributed by atoms with E-state index in [0.29, 0.717) is 24.6 Å². The van der Waals surface area contributed by atoms with Crippen molar-refractivity contribution >= 4 is 11.4 Å². The van der Waals surface area contributed by atoms with Gasteiger partial charge in [-0.1, -0.05) is 12.1 Å². The summed E-state index contributed by atoms with van der Waals surface area (Å²) in [5, 5.41) is 15.3. The van der Waals surface area contributed by atoms with E-state index in [1.54, 1.807) is 16.7 Å². The Morgan fingerprint density at radius 1 is 1.07 bits per heavy atom. The van der Waals surface area contributed by atoms with Gasteiger partial charge in [0.15, 0.2) is 0 Å². The summed E-state index contributed by atoms with van der Waals surface area (Å²) >= 11 is 0. The molecule has 1 aliphatic heterocycles. The van der Waals surface area contributed by atoms with Gasteiger partial charge in [-0.15, -0.1) is 5.10 Å². The molecule has 1 aromatic heterocycles. The standard InChI is InChI=1S/C20H22N6O3/c1-22(2)16-5-3-15(4-6-16)13-23-11-12-24-19(14-23)21-25(20(24)27)17-7-9-18(10-8-17)26(28)29/h3-10H,11-14H2,1-2H3. The summed E-state index contributed by atoms with van der Waals surface area (Å²) < 4.78 is 2.99. The van der Waals surface area contributed by atoms with E-state index in [4.69, 9.17) is 0 Å². The largest absolute Gasteiger partial charge is 0.378 e. The van der Waals surface area contributed by atoms with Crippen LogP contribution in [0.3, 0.4) is 0 Å². The van der Waals surface area contributed by atoms with Crippen LogP contribution < -0.4 is 10.6 Å². The quantitative estimate of drug-likeness (QED) is 0.486. The van der Waals surface area contributed by atoms with Gasteiger partial charge in [-0.05, 0) is 29.8 Å². The van der Waals surface area contributed by atoms with Crippen molar-refractivity contribution in [1.82, 2.24) is 19.2 Å². The molecule has 0 saturated carbocycles. The zero-order valence-corrected chi connectivity index (χ0v) is 16.4. The number of nitro groups is 1. The number of nitro benzene ring substituents is 1. The second-order valence-corrected chi connectivity index (χ2v) is 7.31. The molecule has 3 aromatic rings. The van der Waals surface area contributed by atoms with Crippen LogP contribution in [-0.4, -0.2) is 44.8 Å². The number of anilines is 1. The number of rotatable bonds is 5. The maximum atomic E-state index is 12.7. The first kappa shape index (κ1) is 18.9. The Bertz CT molecular complexity index is 1080. The van der Waals surface area contributed by atoms with Crippen LogP contribution in [0.15, 0.2) is 53.3 Å². The summed E-state index contributed by atoms with van der Waals surface area (Å²) in [6.07, 6.45) is 0. The Hall–Kier alpha value is -3.46. The predicted octanol–water partition coefficient (Wildman–Crippen LogP) is 2.02. The lowest BCUT2D eigenvalue weighted by Gasteiger charge is -2.26. The Kier molecular flexibility index (Phi) is 4.89. The van der Waals surface area contributed by atoms with Crippen molar-refractivity contribution in [3.05, 3.63) is 80.5 Å². The molecule has 0 N–H and O–H groups in total. The first-order chi connectivity index (χ1) is 13.9. The number of aromatic nitrogens is 3.